The fourth-order valence-electron chi connectivity index (χ4n) is 9.68. The lowest BCUT2D eigenvalue weighted by Crippen LogP contribution is -2.67. The molecule has 8 atom stereocenters. The first-order valence-corrected chi connectivity index (χ1v) is 13.2. The summed E-state index contributed by atoms with van der Waals surface area (Å²) in [5, 5.41) is 22.5. The van der Waals surface area contributed by atoms with Crippen molar-refractivity contribution >= 4 is 5.78 Å². The summed E-state index contributed by atoms with van der Waals surface area (Å²) in [4.78, 5) is 14.7. The van der Waals surface area contributed by atoms with E-state index < -0.39 is 5.79 Å². The molecule has 1 aliphatic heterocycles. The molecule has 0 bridgehead atoms. The van der Waals surface area contributed by atoms with Crippen LogP contribution in [0, 0.1) is 40.4 Å². The van der Waals surface area contributed by atoms with E-state index in [9.17, 15) is 15.0 Å². The molecular weight excluding hydrogens is 402 g/mol. The zero-order valence-electron chi connectivity index (χ0n) is 20.9. The minimum absolute atomic E-state index is 0.140. The van der Waals surface area contributed by atoms with Gasteiger partial charge in [-0.1, -0.05) is 13.8 Å². The van der Waals surface area contributed by atoms with E-state index in [1.165, 1.54) is 19.3 Å². The van der Waals surface area contributed by atoms with Gasteiger partial charge >= 0.3 is 0 Å². The maximum absolute atomic E-state index is 12.4. The fourth-order valence-corrected chi connectivity index (χ4v) is 9.68. The van der Waals surface area contributed by atoms with Crippen LogP contribution in [-0.2, 0) is 9.53 Å². The monoisotopic (exact) mass is 447 g/mol. The highest BCUT2D eigenvalue weighted by Gasteiger charge is 2.64. The lowest BCUT2D eigenvalue weighted by Gasteiger charge is -2.64. The van der Waals surface area contributed by atoms with Crippen LogP contribution >= 0.6 is 0 Å². The van der Waals surface area contributed by atoms with Crippen molar-refractivity contribution in [2.24, 2.45) is 40.4 Å². The zero-order chi connectivity index (χ0) is 23.1. The van der Waals surface area contributed by atoms with Gasteiger partial charge < -0.3 is 14.9 Å². The van der Waals surface area contributed by atoms with Crippen molar-refractivity contribution in [2.45, 2.75) is 103 Å². The summed E-state index contributed by atoms with van der Waals surface area (Å²) in [6.07, 6.45) is 8.27. The number of hydrogen-bond donors (Lipinski definition) is 2. The molecule has 1 saturated heterocycles. The normalized spacial score (nSPS) is 50.2. The van der Waals surface area contributed by atoms with E-state index in [4.69, 9.17) is 4.74 Å². The molecule has 4 aliphatic carbocycles. The molecule has 5 nitrogen and oxygen atoms in total. The summed E-state index contributed by atoms with van der Waals surface area (Å²) >= 11 is 0. The number of fused-ring (bicyclic) bond motifs is 5. The first-order chi connectivity index (χ1) is 14.9. The Kier molecular flexibility index (Phi) is 5.45. The lowest BCUT2D eigenvalue weighted by atomic mass is 9.44. The van der Waals surface area contributed by atoms with Crippen molar-refractivity contribution in [3.63, 3.8) is 0 Å². The van der Waals surface area contributed by atoms with Gasteiger partial charge in [-0.3, -0.25) is 9.69 Å². The number of carbonyl (C=O) groups excluding carboxylic acids is 1. The molecular formula is C27H45NO4. The van der Waals surface area contributed by atoms with Gasteiger partial charge in [0.15, 0.2) is 5.79 Å². The molecule has 182 valence electrons. The lowest BCUT2D eigenvalue weighted by molar-refractivity contribution is -0.277. The quantitative estimate of drug-likeness (QED) is 0.626. The van der Waals surface area contributed by atoms with Crippen LogP contribution in [0.4, 0.5) is 0 Å². The largest absolute Gasteiger partial charge is 0.373 e. The molecule has 5 aliphatic rings. The predicted octanol–water partition coefficient (Wildman–Crippen LogP) is 4.00. The molecule has 5 rings (SSSR count). The molecule has 32 heavy (non-hydrogen) atoms. The number of carbonyl (C=O) groups is 1. The molecule has 4 saturated carbocycles. The zero-order valence-corrected chi connectivity index (χ0v) is 20.9. The average molecular weight is 448 g/mol. The van der Waals surface area contributed by atoms with E-state index in [-0.39, 0.29) is 28.4 Å². The summed E-state index contributed by atoms with van der Waals surface area (Å²) in [7, 11) is 0. The number of aliphatic hydroxyl groups is 2. The molecule has 0 aromatic carbocycles. The molecule has 5 fully saturated rings. The first kappa shape index (κ1) is 23.3. The smallest absolute Gasteiger partial charge is 0.178 e. The molecule has 0 aromatic rings. The van der Waals surface area contributed by atoms with Crippen LogP contribution in [0.2, 0.25) is 0 Å². The standard InChI is InChI=1S/C27H45NO4/c1-17(29)20-8-9-21-19-7-6-18-14-27(30,31)23(28-12-13-32-24(2,3)16-28)15-26(18,5)22(19)10-11-25(20,21)4/h18-23,30-31H,6-16H2,1-5H3/t18?,19-,20+,21-,22-,23?,25+,26-/m0/s1. The van der Waals surface area contributed by atoms with Crippen LogP contribution in [0.25, 0.3) is 0 Å². The van der Waals surface area contributed by atoms with Crippen LogP contribution in [-0.4, -0.2) is 58.0 Å². The molecule has 5 heteroatoms. The molecule has 1 heterocycles. The molecule has 2 N–H and O–H groups in total. The number of ether oxygens (including phenoxy) is 1. The first-order valence-electron chi connectivity index (χ1n) is 13.2. The topological polar surface area (TPSA) is 70.0 Å². The number of nitrogens with zero attached hydrogens (tertiary/aromatic N) is 1. The van der Waals surface area contributed by atoms with Crippen molar-refractivity contribution in [2.75, 3.05) is 19.7 Å². The SMILES string of the molecule is CC(=O)[C@H]1CC[C@H]2[C@@H]3CCC4CC(O)(O)C(N5CCOC(C)(C)C5)C[C@]4(C)[C@H]3CC[C@]12C. The van der Waals surface area contributed by atoms with E-state index in [0.717, 1.165) is 38.8 Å². The minimum atomic E-state index is -1.62. The van der Waals surface area contributed by atoms with Gasteiger partial charge in [-0.25, -0.2) is 0 Å². The maximum atomic E-state index is 12.4. The van der Waals surface area contributed by atoms with Crippen molar-refractivity contribution < 1.29 is 19.7 Å². The summed E-state index contributed by atoms with van der Waals surface area (Å²) in [6.45, 7) is 13.1. The van der Waals surface area contributed by atoms with Crippen LogP contribution in [0.1, 0.15) is 86.0 Å². The van der Waals surface area contributed by atoms with Crippen LogP contribution in [0.15, 0.2) is 0 Å². The third-order valence-corrected chi connectivity index (χ3v) is 11.2. The van der Waals surface area contributed by atoms with E-state index >= 15 is 0 Å². The number of Topliss-reactive ketones (excluding diaryl/α,β-unsaturated/α-hetero) is 1. The van der Waals surface area contributed by atoms with Gasteiger partial charge in [0.1, 0.15) is 5.78 Å². The maximum Gasteiger partial charge on any atom is 0.178 e. The van der Waals surface area contributed by atoms with Crippen LogP contribution in [0.3, 0.4) is 0 Å². The Hall–Kier alpha value is -0.490. The van der Waals surface area contributed by atoms with Gasteiger partial charge in [-0.15, -0.1) is 0 Å². The molecule has 0 radical (unpaired) electrons. The second kappa shape index (κ2) is 7.50. The van der Waals surface area contributed by atoms with Gasteiger partial charge in [0.2, 0.25) is 0 Å². The number of rotatable bonds is 2. The van der Waals surface area contributed by atoms with Crippen molar-refractivity contribution in [3.05, 3.63) is 0 Å². The highest BCUT2D eigenvalue weighted by molar-refractivity contribution is 5.79. The van der Waals surface area contributed by atoms with Gasteiger partial charge in [0.05, 0.1) is 18.2 Å². The Labute approximate surface area is 194 Å². The van der Waals surface area contributed by atoms with E-state index in [0.29, 0.717) is 42.5 Å². The summed E-state index contributed by atoms with van der Waals surface area (Å²) in [6, 6.07) is -0.229. The number of ketones is 1. The molecule has 0 aromatic heterocycles. The number of hydrogen-bond acceptors (Lipinski definition) is 5. The second-order valence-electron chi connectivity index (χ2n) is 13.3. The number of morpholine rings is 1. The van der Waals surface area contributed by atoms with Gasteiger partial charge in [0.25, 0.3) is 0 Å². The van der Waals surface area contributed by atoms with Gasteiger partial charge in [-0.2, -0.15) is 0 Å². The van der Waals surface area contributed by atoms with E-state index in [1.807, 2.05) is 0 Å². The highest BCUT2D eigenvalue weighted by atomic mass is 16.5. The van der Waals surface area contributed by atoms with E-state index in [1.54, 1.807) is 6.92 Å². The fraction of sp³-hybridized carbons (Fsp3) is 0.963. The third kappa shape index (κ3) is 3.44. The Morgan fingerprint density at radius 1 is 0.938 bits per heavy atom. The Morgan fingerprint density at radius 3 is 2.34 bits per heavy atom. The summed E-state index contributed by atoms with van der Waals surface area (Å²) < 4.78 is 5.93. The van der Waals surface area contributed by atoms with Crippen LogP contribution in [0.5, 0.6) is 0 Å². The second-order valence-corrected chi connectivity index (χ2v) is 13.3. The Morgan fingerprint density at radius 2 is 1.66 bits per heavy atom. The summed E-state index contributed by atoms with van der Waals surface area (Å²) in [5.41, 5.74) is 0.0657. The summed E-state index contributed by atoms with van der Waals surface area (Å²) in [5.74, 6) is 1.37. The Bertz CT molecular complexity index is 765. The molecule has 2 unspecified atom stereocenters. The highest BCUT2D eigenvalue weighted by Crippen LogP contribution is 2.68. The predicted molar refractivity (Wildman–Crippen MR) is 124 cm³/mol. The van der Waals surface area contributed by atoms with Crippen molar-refractivity contribution in [1.29, 1.82) is 0 Å². The van der Waals surface area contributed by atoms with Gasteiger partial charge in [0, 0.05) is 25.4 Å². The average Bonchev–Trinajstić information content (AvgIpc) is 3.04. The van der Waals surface area contributed by atoms with Crippen molar-refractivity contribution in [3.8, 4) is 0 Å². The molecule has 0 amide bonds. The molecule has 0 spiro atoms. The van der Waals surface area contributed by atoms with E-state index in [2.05, 4.69) is 32.6 Å². The Balaban J connectivity index is 1.42. The van der Waals surface area contributed by atoms with Crippen LogP contribution < -0.4 is 0 Å². The van der Waals surface area contributed by atoms with Crippen molar-refractivity contribution in [1.82, 2.24) is 4.90 Å². The third-order valence-electron chi connectivity index (χ3n) is 11.2. The van der Waals surface area contributed by atoms with Gasteiger partial charge in [-0.05, 0) is 100 Å². The minimum Gasteiger partial charge on any atom is -0.373 e.